The van der Waals surface area contributed by atoms with Crippen LogP contribution in [0.15, 0.2) is 18.5 Å². The summed E-state index contributed by atoms with van der Waals surface area (Å²) in [6, 6.07) is 3.35. The molecule has 2 unspecified atom stereocenters. The average Bonchev–Trinajstić information content (AvgIpc) is 2.98. The first kappa shape index (κ1) is 16.9. The SMILES string of the molecule is CCC(=O)OC1[C@H]2OC(O)(c3ccc4c(N)ncnn34)[C@@H]3OC(C)(C)O[C@]123. The van der Waals surface area contributed by atoms with Gasteiger partial charge in [0, 0.05) is 6.42 Å². The van der Waals surface area contributed by atoms with Crippen LogP contribution in [-0.2, 0) is 29.5 Å². The van der Waals surface area contributed by atoms with Crippen LogP contribution in [0.4, 0.5) is 5.82 Å². The van der Waals surface area contributed by atoms with E-state index in [9.17, 15) is 9.90 Å². The normalized spacial score (nSPS) is 38.6. The lowest BCUT2D eigenvalue weighted by Gasteiger charge is -2.31. The Bertz CT molecular complexity index is 960. The Labute approximate surface area is 154 Å². The van der Waals surface area contributed by atoms with Gasteiger partial charge in [0.25, 0.3) is 0 Å². The van der Waals surface area contributed by atoms with Crippen molar-refractivity contribution >= 4 is 17.3 Å². The molecule has 5 rings (SSSR count). The average molecular weight is 376 g/mol. The molecule has 2 aromatic rings. The minimum atomic E-state index is -1.85. The lowest BCUT2D eigenvalue weighted by molar-refractivity contribution is -0.279. The molecule has 1 saturated carbocycles. The van der Waals surface area contributed by atoms with Gasteiger partial charge in [-0.15, -0.1) is 0 Å². The quantitative estimate of drug-likeness (QED) is 0.715. The molecule has 5 atom stereocenters. The number of hydrogen-bond donors (Lipinski definition) is 2. The van der Waals surface area contributed by atoms with Crippen molar-refractivity contribution in [2.75, 3.05) is 5.73 Å². The molecule has 1 aliphatic carbocycles. The number of hydrogen-bond acceptors (Lipinski definition) is 9. The molecule has 1 spiro atoms. The van der Waals surface area contributed by atoms with E-state index in [-0.39, 0.29) is 18.2 Å². The highest BCUT2D eigenvalue weighted by atomic mass is 16.8. The summed E-state index contributed by atoms with van der Waals surface area (Å²) in [5.74, 6) is -2.91. The zero-order valence-corrected chi connectivity index (χ0v) is 15.1. The predicted octanol–water partition coefficient (Wildman–Crippen LogP) is 0.0811. The second-order valence-corrected chi connectivity index (χ2v) is 7.51. The maximum absolute atomic E-state index is 11.8. The monoisotopic (exact) mass is 376 g/mol. The van der Waals surface area contributed by atoms with Gasteiger partial charge in [-0.2, -0.15) is 5.10 Å². The van der Waals surface area contributed by atoms with E-state index < -0.39 is 35.5 Å². The zero-order valence-electron chi connectivity index (χ0n) is 15.1. The Hall–Kier alpha value is -2.27. The van der Waals surface area contributed by atoms with E-state index in [1.54, 1.807) is 32.9 Å². The van der Waals surface area contributed by atoms with Gasteiger partial charge in [-0.3, -0.25) is 4.79 Å². The number of nitrogens with two attached hydrogens (primary N) is 1. The molecule has 2 aliphatic heterocycles. The first-order valence-electron chi connectivity index (χ1n) is 8.79. The highest BCUT2D eigenvalue weighted by molar-refractivity contribution is 5.70. The zero-order chi connectivity index (χ0) is 19.2. The standard InChI is InChI=1S/C17H20N4O6/c1-4-10(22)24-11-12-16(11)14(26-15(2,3)27-16)17(23,25-12)9-6-5-8-13(18)19-7-20-21(8)9/h5-7,11-12,14,23H,4H2,1-3H3,(H2,18,19,20)/t11?,12-,14-,16-,17?/m1/s1. The van der Waals surface area contributed by atoms with Gasteiger partial charge < -0.3 is 29.8 Å². The molecule has 10 heteroatoms. The van der Waals surface area contributed by atoms with Crippen LogP contribution in [0.25, 0.3) is 5.52 Å². The molecule has 4 heterocycles. The first-order valence-corrected chi connectivity index (χ1v) is 8.79. The van der Waals surface area contributed by atoms with Crippen molar-refractivity contribution in [1.82, 2.24) is 14.6 Å². The summed E-state index contributed by atoms with van der Waals surface area (Å²) < 4.78 is 24.9. The summed E-state index contributed by atoms with van der Waals surface area (Å²) in [6.07, 6.45) is -0.660. The Morgan fingerprint density at radius 1 is 1.41 bits per heavy atom. The Balaban J connectivity index is 1.58. The summed E-state index contributed by atoms with van der Waals surface area (Å²) in [7, 11) is 0. The number of rotatable bonds is 3. The van der Waals surface area contributed by atoms with Crippen LogP contribution in [-0.4, -0.2) is 55.4 Å². The van der Waals surface area contributed by atoms with E-state index >= 15 is 0 Å². The third kappa shape index (κ3) is 2.01. The van der Waals surface area contributed by atoms with Crippen molar-refractivity contribution in [1.29, 1.82) is 0 Å². The minimum absolute atomic E-state index is 0.234. The molecule has 3 aliphatic rings. The molecule has 3 fully saturated rings. The summed E-state index contributed by atoms with van der Waals surface area (Å²) in [6.45, 7) is 5.19. The summed E-state index contributed by atoms with van der Waals surface area (Å²) in [4.78, 5) is 15.7. The first-order chi connectivity index (χ1) is 12.7. The molecule has 0 amide bonds. The number of anilines is 1. The molecule has 10 nitrogen and oxygen atoms in total. The van der Waals surface area contributed by atoms with Crippen molar-refractivity contribution in [3.05, 3.63) is 24.2 Å². The smallest absolute Gasteiger partial charge is 0.305 e. The van der Waals surface area contributed by atoms with E-state index in [1.807, 2.05) is 0 Å². The van der Waals surface area contributed by atoms with Crippen LogP contribution in [0.5, 0.6) is 0 Å². The molecule has 0 radical (unpaired) electrons. The number of carbonyl (C=O) groups is 1. The van der Waals surface area contributed by atoms with Crippen LogP contribution >= 0.6 is 0 Å². The van der Waals surface area contributed by atoms with Crippen LogP contribution in [0.3, 0.4) is 0 Å². The number of aromatic nitrogens is 3. The predicted molar refractivity (Wildman–Crippen MR) is 89.1 cm³/mol. The number of aliphatic hydroxyl groups is 1. The van der Waals surface area contributed by atoms with E-state index in [0.29, 0.717) is 11.2 Å². The third-order valence-corrected chi connectivity index (χ3v) is 5.35. The Morgan fingerprint density at radius 2 is 2.19 bits per heavy atom. The molecule has 2 saturated heterocycles. The van der Waals surface area contributed by atoms with Crippen LogP contribution < -0.4 is 5.73 Å². The van der Waals surface area contributed by atoms with E-state index in [1.165, 1.54) is 10.8 Å². The molecule has 27 heavy (non-hydrogen) atoms. The number of nitrogens with zero attached hydrogens (tertiary/aromatic N) is 3. The van der Waals surface area contributed by atoms with Gasteiger partial charge >= 0.3 is 5.97 Å². The lowest BCUT2D eigenvalue weighted by Crippen LogP contribution is -2.47. The fraction of sp³-hybridized carbons (Fsp3) is 0.588. The number of fused-ring (bicyclic) bond motifs is 1. The van der Waals surface area contributed by atoms with E-state index in [0.717, 1.165) is 0 Å². The van der Waals surface area contributed by atoms with Gasteiger partial charge in [-0.05, 0) is 26.0 Å². The fourth-order valence-electron chi connectivity index (χ4n) is 4.21. The molecular formula is C17H20N4O6. The van der Waals surface area contributed by atoms with Crippen molar-refractivity contribution in [2.45, 2.75) is 62.7 Å². The number of carbonyl (C=O) groups excluding carboxylic acids is 1. The van der Waals surface area contributed by atoms with Crippen molar-refractivity contribution in [2.24, 2.45) is 0 Å². The van der Waals surface area contributed by atoms with Crippen molar-refractivity contribution < 1.29 is 28.8 Å². The van der Waals surface area contributed by atoms with Crippen molar-refractivity contribution in [3.63, 3.8) is 0 Å². The third-order valence-electron chi connectivity index (χ3n) is 5.35. The van der Waals surface area contributed by atoms with Crippen molar-refractivity contribution in [3.8, 4) is 0 Å². The van der Waals surface area contributed by atoms with Gasteiger partial charge in [-0.1, -0.05) is 6.92 Å². The van der Waals surface area contributed by atoms with Gasteiger partial charge in [0.1, 0.15) is 23.6 Å². The van der Waals surface area contributed by atoms with Crippen LogP contribution in [0.1, 0.15) is 32.9 Å². The van der Waals surface area contributed by atoms with E-state index in [2.05, 4.69) is 10.1 Å². The Morgan fingerprint density at radius 3 is 2.93 bits per heavy atom. The minimum Gasteiger partial charge on any atom is -0.456 e. The maximum atomic E-state index is 11.8. The number of esters is 1. The highest BCUT2D eigenvalue weighted by Gasteiger charge is 2.89. The van der Waals surface area contributed by atoms with Gasteiger partial charge in [0.2, 0.25) is 5.79 Å². The Kier molecular flexibility index (Phi) is 3.10. The molecule has 0 bridgehead atoms. The lowest BCUT2D eigenvalue weighted by atomic mass is 10.0. The fourth-order valence-corrected chi connectivity index (χ4v) is 4.21. The molecule has 2 aromatic heterocycles. The second kappa shape index (κ2) is 4.96. The highest BCUT2D eigenvalue weighted by Crippen LogP contribution is 2.66. The molecule has 3 N–H and O–H groups in total. The molecule has 0 aromatic carbocycles. The summed E-state index contributed by atoms with van der Waals surface area (Å²) >= 11 is 0. The van der Waals surface area contributed by atoms with Gasteiger partial charge in [0.05, 0.1) is 0 Å². The molecule has 144 valence electrons. The molecular weight excluding hydrogens is 356 g/mol. The number of ether oxygens (including phenoxy) is 4. The summed E-state index contributed by atoms with van der Waals surface area (Å²) in [5, 5.41) is 15.6. The largest absolute Gasteiger partial charge is 0.456 e. The summed E-state index contributed by atoms with van der Waals surface area (Å²) in [5.41, 5.74) is 5.69. The van der Waals surface area contributed by atoms with Crippen LogP contribution in [0, 0.1) is 0 Å². The van der Waals surface area contributed by atoms with Gasteiger partial charge in [-0.25, -0.2) is 9.50 Å². The number of nitrogen functional groups attached to an aromatic ring is 1. The van der Waals surface area contributed by atoms with E-state index in [4.69, 9.17) is 24.7 Å². The topological polar surface area (TPSA) is 130 Å². The second-order valence-electron chi connectivity index (χ2n) is 7.51. The maximum Gasteiger partial charge on any atom is 0.305 e. The van der Waals surface area contributed by atoms with Crippen LogP contribution in [0.2, 0.25) is 0 Å². The van der Waals surface area contributed by atoms with Gasteiger partial charge in [0.15, 0.2) is 29.4 Å².